The predicted molar refractivity (Wildman–Crippen MR) is 93.7 cm³/mol. The maximum Gasteiger partial charge on any atom is 0.183 e. The maximum absolute atomic E-state index is 5.48. The largest absolute Gasteiger partial charge is 0.375 e. The first-order valence-corrected chi connectivity index (χ1v) is 9.55. The van der Waals surface area contributed by atoms with Gasteiger partial charge < -0.3 is 15.0 Å². The van der Waals surface area contributed by atoms with Gasteiger partial charge in [0.25, 0.3) is 0 Å². The van der Waals surface area contributed by atoms with Gasteiger partial charge in [-0.05, 0) is 25.0 Å². The van der Waals surface area contributed by atoms with Crippen LogP contribution in [0.2, 0.25) is 0 Å². The van der Waals surface area contributed by atoms with E-state index in [1.54, 1.807) is 11.3 Å². The lowest BCUT2D eigenvalue weighted by molar-refractivity contribution is 0.112. The van der Waals surface area contributed by atoms with Crippen LogP contribution in [-0.4, -0.2) is 41.4 Å². The molecule has 0 radical (unpaired) electrons. The Labute approximate surface area is 145 Å². The normalized spacial score (nSPS) is 20.6. The number of thiazole rings is 1. The topological polar surface area (TPSA) is 63.2 Å². The first-order valence-electron chi connectivity index (χ1n) is 8.74. The van der Waals surface area contributed by atoms with Crippen LogP contribution in [0.25, 0.3) is 0 Å². The number of aromatic nitrogens is 3. The molecule has 2 fully saturated rings. The summed E-state index contributed by atoms with van der Waals surface area (Å²) < 4.78 is 5.48. The molecule has 0 unspecified atom stereocenters. The van der Waals surface area contributed by atoms with Crippen molar-refractivity contribution in [3.8, 4) is 0 Å². The molecule has 2 aromatic rings. The lowest BCUT2D eigenvalue weighted by Crippen LogP contribution is -2.50. The average molecular weight is 343 g/mol. The second-order valence-corrected chi connectivity index (χ2v) is 8.02. The van der Waals surface area contributed by atoms with Crippen molar-refractivity contribution in [2.75, 3.05) is 36.5 Å². The number of hydrogen-bond donors (Lipinski definition) is 1. The van der Waals surface area contributed by atoms with E-state index in [1.807, 2.05) is 0 Å². The molecule has 0 aromatic carbocycles. The molecule has 0 bridgehead atoms. The summed E-state index contributed by atoms with van der Waals surface area (Å²) in [5.74, 6) is 2.33. The number of ether oxygens (including phenoxy) is 1. The highest BCUT2D eigenvalue weighted by atomic mass is 32.1. The molecule has 0 atom stereocenters. The molecule has 1 aliphatic carbocycles. The van der Waals surface area contributed by atoms with E-state index in [2.05, 4.69) is 37.5 Å². The summed E-state index contributed by atoms with van der Waals surface area (Å²) in [5.41, 5.74) is 2.38. The van der Waals surface area contributed by atoms with Gasteiger partial charge >= 0.3 is 0 Å². The minimum atomic E-state index is 0.645. The summed E-state index contributed by atoms with van der Waals surface area (Å²) in [6, 6.07) is 4.27. The van der Waals surface area contributed by atoms with Gasteiger partial charge in [0.1, 0.15) is 0 Å². The minimum absolute atomic E-state index is 0.645. The summed E-state index contributed by atoms with van der Waals surface area (Å²) in [4.78, 5) is 8.27. The van der Waals surface area contributed by atoms with Crippen LogP contribution in [0.4, 0.5) is 10.9 Å². The lowest BCUT2D eigenvalue weighted by atomic mass is 10.0. The molecular weight excluding hydrogens is 322 g/mol. The molecule has 0 spiro atoms. The van der Waals surface area contributed by atoms with Gasteiger partial charge in [0.05, 0.1) is 29.5 Å². The van der Waals surface area contributed by atoms with E-state index in [1.165, 1.54) is 23.4 Å². The van der Waals surface area contributed by atoms with E-state index in [0.717, 1.165) is 55.9 Å². The summed E-state index contributed by atoms with van der Waals surface area (Å²) in [6.45, 7) is 4.57. The molecule has 1 saturated carbocycles. The summed E-state index contributed by atoms with van der Waals surface area (Å²) in [7, 11) is 0. The van der Waals surface area contributed by atoms with E-state index < -0.39 is 0 Å². The van der Waals surface area contributed by atoms with Crippen molar-refractivity contribution in [2.24, 2.45) is 5.92 Å². The Balaban J connectivity index is 1.12. The first kappa shape index (κ1) is 14.6. The highest BCUT2D eigenvalue weighted by Crippen LogP contribution is 2.39. The molecular formula is C17H21N5OS. The SMILES string of the molecule is c1cc(N2CC(CNc3nc4c(s3)COCC4)C2)nnc1C1CC1. The zero-order valence-corrected chi connectivity index (χ0v) is 14.4. The fourth-order valence-electron chi connectivity index (χ4n) is 3.32. The summed E-state index contributed by atoms with van der Waals surface area (Å²) in [6.07, 6.45) is 3.50. The molecule has 1 saturated heterocycles. The highest BCUT2D eigenvalue weighted by molar-refractivity contribution is 7.15. The Morgan fingerprint density at radius 2 is 2.17 bits per heavy atom. The van der Waals surface area contributed by atoms with Gasteiger partial charge in [-0.1, -0.05) is 11.3 Å². The van der Waals surface area contributed by atoms with Gasteiger partial charge in [-0.15, -0.1) is 5.10 Å². The molecule has 6 nitrogen and oxygen atoms in total. The van der Waals surface area contributed by atoms with E-state index in [9.17, 15) is 0 Å². The molecule has 7 heteroatoms. The van der Waals surface area contributed by atoms with Crippen molar-refractivity contribution in [3.05, 3.63) is 28.4 Å². The summed E-state index contributed by atoms with van der Waals surface area (Å²) in [5, 5.41) is 13.3. The molecule has 126 valence electrons. The Morgan fingerprint density at radius 1 is 1.25 bits per heavy atom. The van der Waals surface area contributed by atoms with E-state index in [4.69, 9.17) is 4.74 Å². The van der Waals surface area contributed by atoms with Crippen LogP contribution in [0.15, 0.2) is 12.1 Å². The van der Waals surface area contributed by atoms with Gasteiger partial charge in [-0.2, -0.15) is 5.10 Å². The molecule has 2 aliphatic heterocycles. The smallest absolute Gasteiger partial charge is 0.183 e. The van der Waals surface area contributed by atoms with Crippen LogP contribution in [-0.2, 0) is 17.8 Å². The fraction of sp³-hybridized carbons (Fsp3) is 0.588. The van der Waals surface area contributed by atoms with E-state index in [0.29, 0.717) is 11.8 Å². The van der Waals surface area contributed by atoms with Crippen molar-refractivity contribution in [2.45, 2.75) is 31.8 Å². The van der Waals surface area contributed by atoms with Crippen LogP contribution >= 0.6 is 11.3 Å². The Morgan fingerprint density at radius 3 is 2.92 bits per heavy atom. The quantitative estimate of drug-likeness (QED) is 0.900. The van der Waals surface area contributed by atoms with E-state index in [-0.39, 0.29) is 0 Å². The van der Waals surface area contributed by atoms with Gasteiger partial charge in [0.15, 0.2) is 10.9 Å². The van der Waals surface area contributed by atoms with Gasteiger partial charge in [0, 0.05) is 37.9 Å². The molecule has 5 rings (SSSR count). The number of fused-ring (bicyclic) bond motifs is 1. The summed E-state index contributed by atoms with van der Waals surface area (Å²) >= 11 is 1.74. The zero-order chi connectivity index (χ0) is 15.9. The second kappa shape index (κ2) is 5.97. The number of anilines is 2. The average Bonchev–Trinajstić information content (AvgIpc) is 3.33. The van der Waals surface area contributed by atoms with Crippen molar-refractivity contribution in [1.82, 2.24) is 15.2 Å². The Kier molecular flexibility index (Phi) is 3.63. The fourth-order valence-corrected chi connectivity index (χ4v) is 4.27. The third kappa shape index (κ3) is 2.86. The number of nitrogens with one attached hydrogen (secondary N) is 1. The molecule has 3 aliphatic rings. The predicted octanol–water partition coefficient (Wildman–Crippen LogP) is 2.43. The number of hydrogen-bond acceptors (Lipinski definition) is 7. The van der Waals surface area contributed by atoms with Crippen molar-refractivity contribution >= 4 is 22.3 Å². The van der Waals surface area contributed by atoms with Gasteiger partial charge in [-0.25, -0.2) is 4.98 Å². The highest BCUT2D eigenvalue weighted by Gasteiger charge is 2.29. The lowest BCUT2D eigenvalue weighted by Gasteiger charge is -2.39. The van der Waals surface area contributed by atoms with Crippen LogP contribution < -0.4 is 10.2 Å². The molecule has 1 N–H and O–H groups in total. The van der Waals surface area contributed by atoms with E-state index >= 15 is 0 Å². The first-order chi connectivity index (χ1) is 11.8. The number of rotatable bonds is 5. The molecule has 0 amide bonds. The Hall–Kier alpha value is -1.73. The molecule has 4 heterocycles. The standard InChI is InChI=1S/C17H21N5OS/c1-2-12(1)13-3-4-16(21-20-13)22-8-11(9-22)7-18-17-19-14-5-6-23-10-15(14)24-17/h3-4,11-12H,1-2,5-10H2,(H,18,19). The number of nitrogens with zero attached hydrogens (tertiary/aromatic N) is 4. The zero-order valence-electron chi connectivity index (χ0n) is 13.6. The van der Waals surface area contributed by atoms with Gasteiger partial charge in [0.2, 0.25) is 0 Å². The van der Waals surface area contributed by atoms with Crippen molar-refractivity contribution in [3.63, 3.8) is 0 Å². The maximum atomic E-state index is 5.48. The molecule has 2 aromatic heterocycles. The van der Waals surface area contributed by atoms with Crippen LogP contribution in [0, 0.1) is 5.92 Å². The third-order valence-electron chi connectivity index (χ3n) is 4.98. The minimum Gasteiger partial charge on any atom is -0.375 e. The van der Waals surface area contributed by atoms with Crippen LogP contribution in [0.1, 0.15) is 35.0 Å². The van der Waals surface area contributed by atoms with Crippen molar-refractivity contribution < 1.29 is 4.74 Å². The Bertz CT molecular complexity index is 698. The second-order valence-electron chi connectivity index (χ2n) is 6.93. The van der Waals surface area contributed by atoms with Crippen LogP contribution in [0.5, 0.6) is 0 Å². The van der Waals surface area contributed by atoms with Crippen molar-refractivity contribution in [1.29, 1.82) is 0 Å². The molecule has 24 heavy (non-hydrogen) atoms. The van der Waals surface area contributed by atoms with Gasteiger partial charge in [-0.3, -0.25) is 0 Å². The monoisotopic (exact) mass is 343 g/mol. The van der Waals surface area contributed by atoms with Crippen LogP contribution in [0.3, 0.4) is 0 Å². The third-order valence-corrected chi connectivity index (χ3v) is 6.01.